The van der Waals surface area contributed by atoms with Crippen molar-refractivity contribution in [1.82, 2.24) is 0 Å². The lowest BCUT2D eigenvalue weighted by Gasteiger charge is -2.21. The Hall–Kier alpha value is -3.80. The van der Waals surface area contributed by atoms with Crippen molar-refractivity contribution in [2.45, 2.75) is 38.4 Å². The van der Waals surface area contributed by atoms with Crippen molar-refractivity contribution < 1.29 is 52.2 Å². The maximum absolute atomic E-state index is 11.9. The standard InChI is InChI=1S/C20H22N2O10/c1-11(23)30-17-14(10-29-16(26)7-6-15(25)28-3)32-20(18(17)31-12(2)24)22-8-4-5-13(9-22)19(21)27/h4-9,14,17-18,20H,10H2,1-3H3,(H-,21,27)/p+1/b7-6+/t14-,17-,18-,20-/m1/s1. The van der Waals surface area contributed by atoms with Crippen LogP contribution < -0.4 is 10.3 Å². The molecule has 1 fully saturated rings. The molecule has 1 aliphatic heterocycles. The maximum Gasteiger partial charge on any atom is 0.331 e. The van der Waals surface area contributed by atoms with Crippen molar-refractivity contribution in [2.75, 3.05) is 13.7 Å². The molecule has 1 aromatic heterocycles. The van der Waals surface area contributed by atoms with Gasteiger partial charge in [0.1, 0.15) is 18.3 Å². The number of hydrogen-bond donors (Lipinski definition) is 1. The average molecular weight is 451 g/mol. The second-order valence-electron chi connectivity index (χ2n) is 6.60. The van der Waals surface area contributed by atoms with Gasteiger partial charge in [-0.05, 0) is 6.07 Å². The zero-order chi connectivity index (χ0) is 23.8. The molecule has 0 spiro atoms. The zero-order valence-corrected chi connectivity index (χ0v) is 17.6. The number of nitrogens with two attached hydrogens (primary N) is 1. The Balaban J connectivity index is 2.29. The number of methoxy groups -OCH3 is 1. The Bertz CT molecular complexity index is 929. The van der Waals surface area contributed by atoms with E-state index in [1.165, 1.54) is 29.1 Å². The first-order valence-electron chi connectivity index (χ1n) is 9.35. The van der Waals surface area contributed by atoms with Crippen LogP contribution in [-0.2, 0) is 42.9 Å². The van der Waals surface area contributed by atoms with Crippen LogP contribution in [-0.4, -0.2) is 61.8 Å². The third-order valence-corrected chi connectivity index (χ3v) is 4.24. The van der Waals surface area contributed by atoms with Crippen LogP contribution in [0.25, 0.3) is 0 Å². The van der Waals surface area contributed by atoms with Crippen molar-refractivity contribution in [1.29, 1.82) is 0 Å². The number of amides is 1. The molecule has 12 nitrogen and oxygen atoms in total. The minimum Gasteiger partial charge on any atom is -0.466 e. The summed E-state index contributed by atoms with van der Waals surface area (Å²) in [6, 6.07) is 3.01. The third-order valence-electron chi connectivity index (χ3n) is 4.24. The number of rotatable bonds is 8. The highest BCUT2D eigenvalue weighted by molar-refractivity contribution is 5.92. The molecule has 0 saturated carbocycles. The first kappa shape index (κ1) is 24.5. The minimum atomic E-state index is -1.14. The van der Waals surface area contributed by atoms with E-state index in [0.29, 0.717) is 0 Å². The van der Waals surface area contributed by atoms with E-state index in [2.05, 4.69) is 4.74 Å². The SMILES string of the molecule is COC(=O)/C=C/C(=O)OC[C@H]1O[C@@H]([n+]2cccc(C(N)=O)c2)[C@H](OC(C)=O)[C@@H]1OC(C)=O. The molecule has 1 amide bonds. The van der Waals surface area contributed by atoms with Crippen molar-refractivity contribution in [2.24, 2.45) is 5.73 Å². The fraction of sp³-hybridized carbons (Fsp3) is 0.400. The monoisotopic (exact) mass is 451 g/mol. The molecule has 4 atom stereocenters. The van der Waals surface area contributed by atoms with E-state index in [-0.39, 0.29) is 5.56 Å². The summed E-state index contributed by atoms with van der Waals surface area (Å²) in [7, 11) is 1.15. The first-order valence-corrected chi connectivity index (χ1v) is 9.35. The molecule has 0 bridgehead atoms. The Labute approximate surface area is 182 Å². The highest BCUT2D eigenvalue weighted by atomic mass is 16.7. The van der Waals surface area contributed by atoms with Crippen LogP contribution in [0.15, 0.2) is 36.7 Å². The van der Waals surface area contributed by atoms with E-state index in [4.69, 9.17) is 24.7 Å². The van der Waals surface area contributed by atoms with Gasteiger partial charge in [0.15, 0.2) is 18.5 Å². The largest absolute Gasteiger partial charge is 0.466 e. The third kappa shape index (κ3) is 6.60. The van der Waals surface area contributed by atoms with E-state index >= 15 is 0 Å². The van der Waals surface area contributed by atoms with Gasteiger partial charge in [-0.1, -0.05) is 0 Å². The lowest BCUT2D eigenvalue weighted by atomic mass is 10.1. The van der Waals surface area contributed by atoms with Gasteiger partial charge in [-0.25, -0.2) is 9.59 Å². The molecule has 0 unspecified atom stereocenters. The molecule has 172 valence electrons. The summed E-state index contributed by atoms with van der Waals surface area (Å²) >= 11 is 0. The topological polar surface area (TPSA) is 161 Å². The molecule has 1 aromatic rings. The van der Waals surface area contributed by atoms with Gasteiger partial charge < -0.3 is 29.4 Å². The van der Waals surface area contributed by atoms with Crippen molar-refractivity contribution >= 4 is 29.8 Å². The van der Waals surface area contributed by atoms with Crippen LogP contribution in [0, 0.1) is 0 Å². The van der Waals surface area contributed by atoms with Crippen LogP contribution in [0.4, 0.5) is 0 Å². The van der Waals surface area contributed by atoms with Gasteiger partial charge in [-0.3, -0.25) is 14.4 Å². The number of primary amides is 1. The Kier molecular flexibility index (Phi) is 8.41. The Morgan fingerprint density at radius 2 is 1.69 bits per heavy atom. The highest BCUT2D eigenvalue weighted by Gasteiger charge is 2.54. The molecule has 2 rings (SSSR count). The lowest BCUT2D eigenvalue weighted by Crippen LogP contribution is -2.48. The molecule has 0 aromatic carbocycles. The molecule has 1 saturated heterocycles. The molecular weight excluding hydrogens is 428 g/mol. The van der Waals surface area contributed by atoms with Crippen LogP contribution in [0.3, 0.4) is 0 Å². The normalized spacial score (nSPS) is 22.2. The molecule has 0 aliphatic carbocycles. The Morgan fingerprint density at radius 3 is 2.28 bits per heavy atom. The van der Waals surface area contributed by atoms with Crippen molar-refractivity contribution in [3.8, 4) is 0 Å². The molecule has 1 aliphatic rings. The summed E-state index contributed by atoms with van der Waals surface area (Å²) in [5.41, 5.74) is 5.47. The summed E-state index contributed by atoms with van der Waals surface area (Å²) in [6.07, 6.45) is 0.311. The number of ether oxygens (including phenoxy) is 5. The molecule has 12 heteroatoms. The predicted molar refractivity (Wildman–Crippen MR) is 102 cm³/mol. The fourth-order valence-corrected chi connectivity index (χ4v) is 2.95. The molecule has 2 N–H and O–H groups in total. The molecular formula is C20H23N2O10+. The zero-order valence-electron chi connectivity index (χ0n) is 17.6. The number of aromatic nitrogens is 1. The number of carbonyl (C=O) groups is 5. The highest BCUT2D eigenvalue weighted by Crippen LogP contribution is 2.31. The first-order chi connectivity index (χ1) is 15.1. The number of pyridine rings is 1. The van der Waals surface area contributed by atoms with Gasteiger partial charge in [0.2, 0.25) is 6.10 Å². The van der Waals surface area contributed by atoms with Crippen LogP contribution in [0.1, 0.15) is 30.4 Å². The predicted octanol–water partition coefficient (Wildman–Crippen LogP) is -0.894. The van der Waals surface area contributed by atoms with Crippen molar-refractivity contribution in [3.05, 3.63) is 42.2 Å². The quantitative estimate of drug-likeness (QED) is 0.227. The second-order valence-corrected chi connectivity index (χ2v) is 6.60. The van der Waals surface area contributed by atoms with E-state index in [9.17, 15) is 24.0 Å². The van der Waals surface area contributed by atoms with E-state index < -0.39 is 60.9 Å². The van der Waals surface area contributed by atoms with Crippen LogP contribution in [0.5, 0.6) is 0 Å². The smallest absolute Gasteiger partial charge is 0.331 e. The Morgan fingerprint density at radius 1 is 1.06 bits per heavy atom. The fourth-order valence-electron chi connectivity index (χ4n) is 2.95. The molecule has 2 heterocycles. The van der Waals surface area contributed by atoms with Crippen molar-refractivity contribution in [3.63, 3.8) is 0 Å². The lowest BCUT2D eigenvalue weighted by molar-refractivity contribution is -0.765. The van der Waals surface area contributed by atoms with Gasteiger partial charge >= 0.3 is 30.1 Å². The van der Waals surface area contributed by atoms with Gasteiger partial charge in [-0.2, -0.15) is 4.57 Å². The maximum atomic E-state index is 11.9. The summed E-state index contributed by atoms with van der Waals surface area (Å²) in [4.78, 5) is 57.8. The van der Waals surface area contributed by atoms with Crippen LogP contribution >= 0.6 is 0 Å². The van der Waals surface area contributed by atoms with E-state index in [0.717, 1.165) is 33.1 Å². The van der Waals surface area contributed by atoms with E-state index in [1.807, 2.05) is 0 Å². The molecule has 32 heavy (non-hydrogen) atoms. The number of carbonyl (C=O) groups excluding carboxylic acids is 5. The summed E-state index contributed by atoms with van der Waals surface area (Å²) in [5.74, 6) is -3.69. The van der Waals surface area contributed by atoms with Crippen LogP contribution in [0.2, 0.25) is 0 Å². The van der Waals surface area contributed by atoms with Gasteiger partial charge in [-0.15, -0.1) is 0 Å². The van der Waals surface area contributed by atoms with E-state index in [1.54, 1.807) is 0 Å². The number of hydrogen-bond acceptors (Lipinski definition) is 10. The van der Waals surface area contributed by atoms with Gasteiger partial charge in [0.25, 0.3) is 5.91 Å². The van der Waals surface area contributed by atoms with Gasteiger partial charge in [0, 0.05) is 32.1 Å². The minimum absolute atomic E-state index is 0.157. The molecule has 0 radical (unpaired) electrons. The summed E-state index contributed by atoms with van der Waals surface area (Å²) in [5, 5.41) is 0. The average Bonchev–Trinajstić information content (AvgIpc) is 3.06. The second kappa shape index (κ2) is 11.0. The summed E-state index contributed by atoms with van der Waals surface area (Å²) < 4.78 is 27.3. The summed E-state index contributed by atoms with van der Waals surface area (Å²) in [6.45, 7) is 1.92. The number of esters is 4. The van der Waals surface area contributed by atoms with Gasteiger partial charge in [0.05, 0.1) is 7.11 Å². The number of nitrogens with zero attached hydrogens (tertiary/aromatic N) is 1.